The van der Waals surface area contributed by atoms with Gasteiger partial charge < -0.3 is 4.90 Å². The molecule has 26 heavy (non-hydrogen) atoms. The Balaban J connectivity index is 1.96. The third-order valence-electron chi connectivity index (χ3n) is 4.31. The van der Waals surface area contributed by atoms with Gasteiger partial charge in [-0.1, -0.05) is 30.3 Å². The summed E-state index contributed by atoms with van der Waals surface area (Å²) in [5, 5.41) is 11.1. The quantitative estimate of drug-likeness (QED) is 0.493. The number of aryl methyl sites for hydroxylation is 2. The van der Waals surface area contributed by atoms with E-state index in [4.69, 9.17) is 0 Å². The molecule has 6 nitrogen and oxygen atoms in total. The van der Waals surface area contributed by atoms with E-state index in [1.165, 1.54) is 17.3 Å². The molecule has 0 amide bonds. The first-order valence-corrected chi connectivity index (χ1v) is 8.34. The highest BCUT2D eigenvalue weighted by Crippen LogP contribution is 2.24. The Hall–Kier alpha value is -3.28. The van der Waals surface area contributed by atoms with Gasteiger partial charge in [-0.15, -0.1) is 0 Å². The van der Waals surface area contributed by atoms with Gasteiger partial charge in [0.15, 0.2) is 0 Å². The van der Waals surface area contributed by atoms with Crippen molar-refractivity contribution >= 4 is 11.5 Å². The lowest BCUT2D eigenvalue weighted by Gasteiger charge is -2.25. The maximum absolute atomic E-state index is 11.1. The van der Waals surface area contributed by atoms with Gasteiger partial charge in [0.2, 0.25) is 0 Å². The van der Waals surface area contributed by atoms with E-state index in [2.05, 4.69) is 33.9 Å². The molecule has 0 bridgehead atoms. The predicted octanol–water partition coefficient (Wildman–Crippen LogP) is 4.21. The van der Waals surface area contributed by atoms with Gasteiger partial charge in [0.05, 0.1) is 4.92 Å². The molecule has 3 rings (SSSR count). The van der Waals surface area contributed by atoms with Crippen LogP contribution in [0.4, 0.5) is 11.5 Å². The molecule has 132 valence electrons. The van der Waals surface area contributed by atoms with Crippen molar-refractivity contribution in [2.45, 2.75) is 26.9 Å². The summed E-state index contributed by atoms with van der Waals surface area (Å²) in [5.41, 5.74) is 4.07. The van der Waals surface area contributed by atoms with E-state index in [1.807, 2.05) is 30.5 Å². The molecule has 2 heterocycles. The molecule has 0 radical (unpaired) electrons. The van der Waals surface area contributed by atoms with Crippen LogP contribution in [-0.2, 0) is 13.1 Å². The molecule has 0 N–H and O–H groups in total. The van der Waals surface area contributed by atoms with Gasteiger partial charge in [-0.05, 0) is 42.7 Å². The Morgan fingerprint density at radius 3 is 2.50 bits per heavy atom. The summed E-state index contributed by atoms with van der Waals surface area (Å²) < 4.78 is 0. The van der Waals surface area contributed by atoms with Gasteiger partial charge in [0, 0.05) is 31.0 Å². The van der Waals surface area contributed by atoms with Crippen molar-refractivity contribution in [3.05, 3.63) is 93.4 Å². The number of nitrogens with zero attached hydrogens (tertiary/aromatic N) is 4. The van der Waals surface area contributed by atoms with Crippen molar-refractivity contribution < 1.29 is 4.92 Å². The van der Waals surface area contributed by atoms with Gasteiger partial charge in [0.1, 0.15) is 12.0 Å². The minimum atomic E-state index is -0.404. The van der Waals surface area contributed by atoms with Crippen LogP contribution in [-0.4, -0.2) is 14.9 Å². The largest absolute Gasteiger partial charge is 0.348 e. The Kier molecular flexibility index (Phi) is 5.22. The minimum Gasteiger partial charge on any atom is -0.348 e. The number of pyridine rings is 2. The molecule has 1 aromatic carbocycles. The number of benzene rings is 1. The van der Waals surface area contributed by atoms with Crippen LogP contribution in [0, 0.1) is 24.0 Å². The van der Waals surface area contributed by atoms with Gasteiger partial charge in [0.25, 0.3) is 5.69 Å². The van der Waals surface area contributed by atoms with Crippen LogP contribution in [0.25, 0.3) is 0 Å². The standard InChI is InChI=1S/C20H20N4O2/c1-15-6-3-4-8-18(15)14-23(13-17-7-5-9-21-11-17)20-10-16(2)19(12-22-20)24(25)26/h3-12H,13-14H2,1-2H3. The number of hydrogen-bond donors (Lipinski definition) is 0. The lowest BCUT2D eigenvalue weighted by atomic mass is 10.1. The monoisotopic (exact) mass is 348 g/mol. The average Bonchev–Trinajstić information content (AvgIpc) is 2.63. The van der Waals surface area contributed by atoms with E-state index in [0.29, 0.717) is 24.5 Å². The maximum Gasteiger partial charge on any atom is 0.290 e. The van der Waals surface area contributed by atoms with Crippen molar-refractivity contribution in [1.29, 1.82) is 0 Å². The first-order valence-electron chi connectivity index (χ1n) is 8.34. The van der Waals surface area contributed by atoms with Crippen molar-refractivity contribution in [2.75, 3.05) is 4.90 Å². The van der Waals surface area contributed by atoms with E-state index >= 15 is 0 Å². The van der Waals surface area contributed by atoms with Gasteiger partial charge >= 0.3 is 0 Å². The van der Waals surface area contributed by atoms with Crippen molar-refractivity contribution in [1.82, 2.24) is 9.97 Å². The average molecular weight is 348 g/mol. The van der Waals surface area contributed by atoms with Crippen molar-refractivity contribution in [3.63, 3.8) is 0 Å². The summed E-state index contributed by atoms with van der Waals surface area (Å²) >= 11 is 0. The lowest BCUT2D eigenvalue weighted by molar-refractivity contribution is -0.385. The zero-order chi connectivity index (χ0) is 18.5. The van der Waals surface area contributed by atoms with Crippen molar-refractivity contribution in [2.24, 2.45) is 0 Å². The highest BCUT2D eigenvalue weighted by Gasteiger charge is 2.16. The van der Waals surface area contributed by atoms with Crippen LogP contribution in [0.15, 0.2) is 61.1 Å². The fourth-order valence-electron chi connectivity index (χ4n) is 2.82. The number of hydrogen-bond acceptors (Lipinski definition) is 5. The fourth-order valence-corrected chi connectivity index (χ4v) is 2.82. The van der Waals surface area contributed by atoms with Gasteiger partial charge in [-0.3, -0.25) is 15.1 Å². The zero-order valence-electron chi connectivity index (χ0n) is 14.8. The molecule has 0 aliphatic heterocycles. The van der Waals surface area contributed by atoms with Gasteiger partial charge in [-0.2, -0.15) is 0 Å². The summed E-state index contributed by atoms with van der Waals surface area (Å²) in [4.78, 5) is 21.3. The minimum absolute atomic E-state index is 0.0333. The molecule has 0 saturated heterocycles. The fraction of sp³-hybridized carbons (Fsp3) is 0.200. The molecular formula is C20H20N4O2. The number of anilines is 1. The SMILES string of the molecule is Cc1ccccc1CN(Cc1cccnc1)c1cc(C)c([N+](=O)[O-])cn1. The van der Waals surface area contributed by atoms with Crippen molar-refractivity contribution in [3.8, 4) is 0 Å². The second-order valence-electron chi connectivity index (χ2n) is 6.23. The summed E-state index contributed by atoms with van der Waals surface area (Å²) in [6, 6.07) is 13.9. The molecule has 0 aliphatic carbocycles. The van der Waals surface area contributed by atoms with Crippen LogP contribution in [0.2, 0.25) is 0 Å². The Morgan fingerprint density at radius 1 is 1.04 bits per heavy atom. The van der Waals surface area contributed by atoms with Crippen LogP contribution < -0.4 is 4.90 Å². The molecule has 2 aromatic heterocycles. The third-order valence-corrected chi connectivity index (χ3v) is 4.31. The Bertz CT molecular complexity index is 913. The summed E-state index contributed by atoms with van der Waals surface area (Å²) in [7, 11) is 0. The molecule has 0 saturated carbocycles. The third kappa shape index (κ3) is 4.03. The smallest absolute Gasteiger partial charge is 0.290 e. The molecular weight excluding hydrogens is 328 g/mol. The second-order valence-corrected chi connectivity index (χ2v) is 6.23. The van der Waals surface area contributed by atoms with Crippen LogP contribution >= 0.6 is 0 Å². The van der Waals surface area contributed by atoms with E-state index in [-0.39, 0.29) is 5.69 Å². The molecule has 6 heteroatoms. The first kappa shape index (κ1) is 17.5. The highest BCUT2D eigenvalue weighted by molar-refractivity contribution is 5.49. The van der Waals surface area contributed by atoms with Crippen LogP contribution in [0.1, 0.15) is 22.3 Å². The topological polar surface area (TPSA) is 72.2 Å². The van der Waals surface area contributed by atoms with E-state index < -0.39 is 4.92 Å². The van der Waals surface area contributed by atoms with Crippen LogP contribution in [0.5, 0.6) is 0 Å². The first-order chi connectivity index (χ1) is 12.5. The number of nitro groups is 1. The predicted molar refractivity (Wildman–Crippen MR) is 101 cm³/mol. The Labute approximate surface area is 152 Å². The van der Waals surface area contributed by atoms with Gasteiger partial charge in [-0.25, -0.2) is 4.98 Å². The van der Waals surface area contributed by atoms with E-state index in [9.17, 15) is 10.1 Å². The van der Waals surface area contributed by atoms with E-state index in [0.717, 1.165) is 5.56 Å². The summed E-state index contributed by atoms with van der Waals surface area (Å²) in [5.74, 6) is 0.709. The molecule has 0 aliphatic rings. The van der Waals surface area contributed by atoms with E-state index in [1.54, 1.807) is 19.2 Å². The normalized spacial score (nSPS) is 10.5. The maximum atomic E-state index is 11.1. The lowest BCUT2D eigenvalue weighted by Crippen LogP contribution is -2.24. The Morgan fingerprint density at radius 2 is 1.85 bits per heavy atom. The molecule has 0 atom stereocenters. The second kappa shape index (κ2) is 7.74. The molecule has 0 unspecified atom stereocenters. The molecule has 0 fully saturated rings. The number of rotatable bonds is 6. The summed E-state index contributed by atoms with van der Waals surface area (Å²) in [6.07, 6.45) is 4.89. The molecule has 3 aromatic rings. The highest BCUT2D eigenvalue weighted by atomic mass is 16.6. The summed E-state index contributed by atoms with van der Waals surface area (Å²) in [6.45, 7) is 5.09. The van der Waals surface area contributed by atoms with Crippen LogP contribution in [0.3, 0.4) is 0 Å². The zero-order valence-corrected chi connectivity index (χ0v) is 14.8. The molecule has 0 spiro atoms. The number of aromatic nitrogens is 2.